The average Bonchev–Trinajstić information content (AvgIpc) is 2.80. The smallest absolute Gasteiger partial charge is 0.337 e. The molecule has 0 aliphatic carbocycles. The van der Waals surface area contributed by atoms with Crippen LogP contribution in [-0.2, 0) is 14.3 Å². The van der Waals surface area contributed by atoms with E-state index in [9.17, 15) is 14.4 Å². The topological polar surface area (TPSA) is 87.7 Å². The molecule has 2 N–H and O–H groups in total. The molecule has 1 aliphatic heterocycles. The molecule has 140 valence electrons. The molecule has 1 atom stereocenters. The van der Waals surface area contributed by atoms with Crippen molar-refractivity contribution in [3.8, 4) is 0 Å². The van der Waals surface area contributed by atoms with Crippen LogP contribution in [0.3, 0.4) is 0 Å². The highest BCUT2D eigenvalue weighted by Gasteiger charge is 2.29. The van der Waals surface area contributed by atoms with Gasteiger partial charge in [-0.2, -0.15) is 0 Å². The first-order valence-corrected chi connectivity index (χ1v) is 8.63. The number of nitrogens with one attached hydrogen (secondary N) is 2. The van der Waals surface area contributed by atoms with E-state index >= 15 is 0 Å². The number of rotatable bonds is 4. The third-order valence-electron chi connectivity index (χ3n) is 4.38. The van der Waals surface area contributed by atoms with Crippen molar-refractivity contribution in [3.05, 3.63) is 54.1 Å². The third kappa shape index (κ3) is 4.08. The predicted octanol–water partition coefficient (Wildman–Crippen LogP) is 2.65. The van der Waals surface area contributed by atoms with Gasteiger partial charge < -0.3 is 20.3 Å². The highest BCUT2D eigenvalue weighted by Crippen LogP contribution is 2.31. The van der Waals surface area contributed by atoms with Crippen molar-refractivity contribution in [1.82, 2.24) is 0 Å². The van der Waals surface area contributed by atoms with Crippen LogP contribution < -0.4 is 15.5 Å². The first kappa shape index (κ1) is 18.4. The van der Waals surface area contributed by atoms with Gasteiger partial charge in [0.2, 0.25) is 11.8 Å². The monoisotopic (exact) mass is 367 g/mol. The molecule has 0 spiro atoms. The first-order valence-electron chi connectivity index (χ1n) is 8.63. The summed E-state index contributed by atoms with van der Waals surface area (Å²) in [5.41, 5.74) is 2.46. The molecular formula is C20H21N3O4. The van der Waals surface area contributed by atoms with E-state index in [0.29, 0.717) is 22.6 Å². The summed E-state index contributed by atoms with van der Waals surface area (Å²) in [6.45, 7) is 1.91. The van der Waals surface area contributed by atoms with Gasteiger partial charge in [-0.1, -0.05) is 12.1 Å². The lowest BCUT2D eigenvalue weighted by Gasteiger charge is -2.28. The second kappa shape index (κ2) is 7.90. The standard InChI is InChI=1S/C20H21N3O4/c1-13-11-18(24)22-16-5-3-4-6-17(16)23(13)19(25)12-21-15-9-7-14(8-10-15)20(26)27-2/h3-10,13,21H,11-12H2,1-2H3,(H,22,24)/t13-/m1/s1. The number of hydrogen-bond acceptors (Lipinski definition) is 5. The number of nitrogens with zero attached hydrogens (tertiary/aromatic N) is 1. The maximum absolute atomic E-state index is 12.9. The molecule has 0 bridgehead atoms. The molecule has 1 heterocycles. The largest absolute Gasteiger partial charge is 0.465 e. The number of methoxy groups -OCH3 is 1. The second-order valence-electron chi connectivity index (χ2n) is 6.30. The highest BCUT2D eigenvalue weighted by molar-refractivity contribution is 6.05. The van der Waals surface area contributed by atoms with E-state index in [1.165, 1.54) is 7.11 Å². The number of para-hydroxylation sites is 2. The summed E-state index contributed by atoms with van der Waals surface area (Å²) in [5, 5.41) is 5.90. The quantitative estimate of drug-likeness (QED) is 0.811. The second-order valence-corrected chi connectivity index (χ2v) is 6.30. The van der Waals surface area contributed by atoms with E-state index in [1.54, 1.807) is 35.2 Å². The normalized spacial score (nSPS) is 16.0. The van der Waals surface area contributed by atoms with Crippen LogP contribution in [0, 0.1) is 0 Å². The number of benzene rings is 2. The fourth-order valence-corrected chi connectivity index (χ4v) is 3.07. The van der Waals surface area contributed by atoms with Gasteiger partial charge in [0.05, 0.1) is 30.6 Å². The molecule has 3 rings (SSSR count). The minimum atomic E-state index is -0.412. The van der Waals surface area contributed by atoms with Gasteiger partial charge in [0, 0.05) is 18.2 Å². The Hall–Kier alpha value is -3.35. The number of amides is 2. The van der Waals surface area contributed by atoms with Crippen molar-refractivity contribution in [2.75, 3.05) is 29.2 Å². The number of esters is 1. The Kier molecular flexibility index (Phi) is 5.40. The molecular weight excluding hydrogens is 346 g/mol. The SMILES string of the molecule is COC(=O)c1ccc(NCC(=O)N2c3ccccc3NC(=O)C[C@H]2C)cc1. The first-order chi connectivity index (χ1) is 13.0. The van der Waals surface area contributed by atoms with Gasteiger partial charge in [-0.15, -0.1) is 0 Å². The maximum atomic E-state index is 12.9. The van der Waals surface area contributed by atoms with Crippen molar-refractivity contribution in [3.63, 3.8) is 0 Å². The summed E-state index contributed by atoms with van der Waals surface area (Å²) in [7, 11) is 1.33. The predicted molar refractivity (Wildman–Crippen MR) is 103 cm³/mol. The Morgan fingerprint density at radius 1 is 1.19 bits per heavy atom. The van der Waals surface area contributed by atoms with E-state index in [-0.39, 0.29) is 30.8 Å². The number of carbonyl (C=O) groups is 3. The summed E-state index contributed by atoms with van der Waals surface area (Å²) >= 11 is 0. The molecule has 0 radical (unpaired) electrons. The lowest BCUT2D eigenvalue weighted by molar-refractivity contribution is -0.118. The minimum absolute atomic E-state index is 0.0600. The molecule has 2 aromatic rings. The molecule has 2 amide bonds. The molecule has 0 fully saturated rings. The van der Waals surface area contributed by atoms with Crippen LogP contribution >= 0.6 is 0 Å². The number of hydrogen-bond donors (Lipinski definition) is 2. The van der Waals surface area contributed by atoms with Crippen molar-refractivity contribution in [1.29, 1.82) is 0 Å². The summed E-state index contributed by atoms with van der Waals surface area (Å²) in [6.07, 6.45) is 0.230. The molecule has 0 saturated carbocycles. The highest BCUT2D eigenvalue weighted by atomic mass is 16.5. The fraction of sp³-hybridized carbons (Fsp3) is 0.250. The van der Waals surface area contributed by atoms with Crippen LogP contribution in [0.1, 0.15) is 23.7 Å². The molecule has 27 heavy (non-hydrogen) atoms. The molecule has 2 aromatic carbocycles. The van der Waals surface area contributed by atoms with Crippen molar-refractivity contribution in [2.45, 2.75) is 19.4 Å². The Morgan fingerprint density at radius 3 is 2.59 bits per heavy atom. The Labute approximate surface area is 157 Å². The third-order valence-corrected chi connectivity index (χ3v) is 4.38. The lowest BCUT2D eigenvalue weighted by Crippen LogP contribution is -2.42. The van der Waals surface area contributed by atoms with Gasteiger partial charge >= 0.3 is 5.97 Å². The van der Waals surface area contributed by atoms with Gasteiger partial charge in [-0.05, 0) is 43.3 Å². The zero-order valence-corrected chi connectivity index (χ0v) is 15.2. The van der Waals surface area contributed by atoms with Gasteiger partial charge in [0.15, 0.2) is 0 Å². The summed E-state index contributed by atoms with van der Waals surface area (Å²) < 4.78 is 4.67. The average molecular weight is 367 g/mol. The number of fused-ring (bicyclic) bond motifs is 1. The van der Waals surface area contributed by atoms with Crippen molar-refractivity contribution < 1.29 is 19.1 Å². The number of anilines is 3. The zero-order valence-electron chi connectivity index (χ0n) is 15.2. The van der Waals surface area contributed by atoms with Gasteiger partial charge in [0.1, 0.15) is 0 Å². The van der Waals surface area contributed by atoms with E-state index in [0.717, 1.165) is 0 Å². The molecule has 0 unspecified atom stereocenters. The molecule has 7 heteroatoms. The van der Waals surface area contributed by atoms with E-state index in [1.807, 2.05) is 25.1 Å². The van der Waals surface area contributed by atoms with Crippen molar-refractivity contribution in [2.24, 2.45) is 0 Å². The Morgan fingerprint density at radius 2 is 1.89 bits per heavy atom. The van der Waals surface area contributed by atoms with E-state index in [2.05, 4.69) is 15.4 Å². The van der Waals surface area contributed by atoms with Gasteiger partial charge in [0.25, 0.3) is 0 Å². The van der Waals surface area contributed by atoms with Crippen LogP contribution in [0.4, 0.5) is 17.1 Å². The van der Waals surface area contributed by atoms with E-state index < -0.39 is 5.97 Å². The maximum Gasteiger partial charge on any atom is 0.337 e. The fourth-order valence-electron chi connectivity index (χ4n) is 3.07. The van der Waals surface area contributed by atoms with Crippen LogP contribution in [0.25, 0.3) is 0 Å². The molecule has 7 nitrogen and oxygen atoms in total. The van der Waals surface area contributed by atoms with Crippen LogP contribution in [0.5, 0.6) is 0 Å². The van der Waals surface area contributed by atoms with Crippen LogP contribution in [-0.4, -0.2) is 37.5 Å². The molecule has 0 saturated heterocycles. The van der Waals surface area contributed by atoms with Gasteiger partial charge in [-0.25, -0.2) is 4.79 Å². The van der Waals surface area contributed by atoms with Gasteiger partial charge in [-0.3, -0.25) is 9.59 Å². The Bertz CT molecular complexity index is 864. The summed E-state index contributed by atoms with van der Waals surface area (Å²) in [6, 6.07) is 13.7. The zero-order chi connectivity index (χ0) is 19.4. The summed E-state index contributed by atoms with van der Waals surface area (Å²) in [5.74, 6) is -0.676. The minimum Gasteiger partial charge on any atom is -0.465 e. The molecule has 0 aromatic heterocycles. The van der Waals surface area contributed by atoms with E-state index in [4.69, 9.17) is 0 Å². The van der Waals surface area contributed by atoms with Crippen molar-refractivity contribution >= 4 is 34.8 Å². The summed E-state index contributed by atoms with van der Waals surface area (Å²) in [4.78, 5) is 38.0. The van der Waals surface area contributed by atoms with Crippen LogP contribution in [0.15, 0.2) is 48.5 Å². The van der Waals surface area contributed by atoms with Crippen LogP contribution in [0.2, 0.25) is 0 Å². The lowest BCUT2D eigenvalue weighted by atomic mass is 10.1. The Balaban J connectivity index is 1.73. The molecule has 1 aliphatic rings. The number of ether oxygens (including phenoxy) is 1. The number of carbonyl (C=O) groups excluding carboxylic acids is 3.